The number of methoxy groups -OCH3 is 1. The third kappa shape index (κ3) is 3.43. The van der Waals surface area contributed by atoms with Crippen LogP contribution in [0.5, 0.6) is 0 Å². The summed E-state index contributed by atoms with van der Waals surface area (Å²) in [7, 11) is 1.71. The van der Waals surface area contributed by atoms with Crippen molar-refractivity contribution < 1.29 is 9.53 Å². The average molecular weight is 356 g/mol. The van der Waals surface area contributed by atoms with Crippen LogP contribution in [0.25, 0.3) is 0 Å². The Morgan fingerprint density at radius 1 is 1.15 bits per heavy atom. The number of rotatable bonds is 7. The van der Waals surface area contributed by atoms with Crippen molar-refractivity contribution in [1.29, 1.82) is 0 Å². The van der Waals surface area contributed by atoms with E-state index in [2.05, 4.69) is 36.5 Å². The number of aryl methyl sites for hydroxylation is 1. The van der Waals surface area contributed by atoms with Crippen molar-refractivity contribution in [3.8, 4) is 0 Å². The number of nitrogens with one attached hydrogen (secondary N) is 1. The Bertz CT molecular complexity index is 637. The van der Waals surface area contributed by atoms with Gasteiger partial charge in [-0.25, -0.2) is 0 Å². The van der Waals surface area contributed by atoms with Crippen LogP contribution in [0.1, 0.15) is 62.5 Å². The van der Waals surface area contributed by atoms with Crippen molar-refractivity contribution in [3.63, 3.8) is 0 Å². The van der Waals surface area contributed by atoms with E-state index >= 15 is 0 Å². The zero-order chi connectivity index (χ0) is 18.2. The lowest BCUT2D eigenvalue weighted by molar-refractivity contribution is -0.131. The Balaban J connectivity index is 1.49. The quantitative estimate of drug-likeness (QED) is 0.737. The van der Waals surface area contributed by atoms with Crippen LogP contribution in [0, 0.1) is 24.2 Å². The fraction of sp³-hybridized carbons (Fsp3) is 0.696. The first-order chi connectivity index (χ1) is 12.5. The molecule has 1 amide bonds. The van der Waals surface area contributed by atoms with Crippen molar-refractivity contribution in [2.24, 2.45) is 17.3 Å². The smallest absolute Gasteiger partial charge is 0.220 e. The molecular formula is C23H33NO2. The second-order valence-electron chi connectivity index (χ2n) is 9.48. The van der Waals surface area contributed by atoms with E-state index in [1.54, 1.807) is 7.11 Å². The van der Waals surface area contributed by atoms with Crippen LogP contribution in [0.2, 0.25) is 0 Å². The first-order valence-electron chi connectivity index (χ1n) is 10.4. The molecule has 5 rings (SSSR count). The molecule has 3 nitrogen and oxygen atoms in total. The van der Waals surface area contributed by atoms with Gasteiger partial charge < -0.3 is 10.1 Å². The SMILES string of the molecule is COCCCNC(=O)CC12C[C@H]3C[C@H](C1)CC(c1ccc(C)cc1)(C3)C2. The third-order valence-electron chi connectivity index (χ3n) is 7.23. The van der Waals surface area contributed by atoms with Gasteiger partial charge in [-0.05, 0) is 80.1 Å². The van der Waals surface area contributed by atoms with Crippen LogP contribution in [-0.2, 0) is 14.9 Å². The van der Waals surface area contributed by atoms with Crippen LogP contribution < -0.4 is 5.32 Å². The van der Waals surface area contributed by atoms with E-state index in [4.69, 9.17) is 4.74 Å². The molecule has 3 heteroatoms. The minimum absolute atomic E-state index is 0.236. The number of ether oxygens (including phenoxy) is 1. The van der Waals surface area contributed by atoms with Gasteiger partial charge in [0, 0.05) is 26.7 Å². The van der Waals surface area contributed by atoms with E-state index in [-0.39, 0.29) is 11.3 Å². The van der Waals surface area contributed by atoms with Gasteiger partial charge in [-0.2, -0.15) is 0 Å². The summed E-state index contributed by atoms with van der Waals surface area (Å²) in [6.45, 7) is 3.61. The maximum atomic E-state index is 12.6. The molecule has 142 valence electrons. The fourth-order valence-corrected chi connectivity index (χ4v) is 6.75. The Morgan fingerprint density at radius 2 is 1.85 bits per heavy atom. The van der Waals surface area contributed by atoms with Crippen LogP contribution in [0.15, 0.2) is 24.3 Å². The van der Waals surface area contributed by atoms with Gasteiger partial charge in [0.15, 0.2) is 0 Å². The molecule has 1 N–H and O–H groups in total. The second kappa shape index (κ2) is 6.99. The molecule has 4 bridgehead atoms. The number of hydrogen-bond acceptors (Lipinski definition) is 2. The normalized spacial score (nSPS) is 34.8. The summed E-state index contributed by atoms with van der Waals surface area (Å²) in [4.78, 5) is 12.6. The monoisotopic (exact) mass is 355 g/mol. The largest absolute Gasteiger partial charge is 0.385 e. The van der Waals surface area contributed by atoms with E-state index in [9.17, 15) is 4.79 Å². The minimum Gasteiger partial charge on any atom is -0.385 e. The molecule has 0 saturated heterocycles. The van der Waals surface area contributed by atoms with Gasteiger partial charge in [0.25, 0.3) is 0 Å². The summed E-state index contributed by atoms with van der Waals surface area (Å²) >= 11 is 0. The highest BCUT2D eigenvalue weighted by atomic mass is 16.5. The summed E-state index contributed by atoms with van der Waals surface area (Å²) in [6.07, 6.45) is 9.43. The fourth-order valence-electron chi connectivity index (χ4n) is 6.75. The number of amides is 1. The lowest BCUT2D eigenvalue weighted by Crippen LogP contribution is -2.55. The van der Waals surface area contributed by atoms with Gasteiger partial charge in [-0.15, -0.1) is 0 Å². The Hall–Kier alpha value is -1.35. The zero-order valence-corrected chi connectivity index (χ0v) is 16.4. The van der Waals surface area contributed by atoms with Crippen molar-refractivity contribution in [3.05, 3.63) is 35.4 Å². The van der Waals surface area contributed by atoms with Crippen LogP contribution in [0.3, 0.4) is 0 Å². The molecular weight excluding hydrogens is 322 g/mol. The van der Waals surface area contributed by atoms with Gasteiger partial charge in [0.05, 0.1) is 0 Å². The molecule has 0 heterocycles. The van der Waals surface area contributed by atoms with Crippen molar-refractivity contribution in [1.82, 2.24) is 5.32 Å². The first-order valence-corrected chi connectivity index (χ1v) is 10.4. The highest BCUT2D eigenvalue weighted by Gasteiger charge is 2.58. The standard InChI is InChI=1S/C23H33NO2/c1-17-4-6-20(7-5-17)23-13-18-10-19(14-23)12-22(11-18,16-23)15-21(25)24-8-3-9-26-2/h4-7,18-19H,3,8-16H2,1-2H3,(H,24,25)/t18-,19-,22?,23?/m1/s1. The Labute approximate surface area is 157 Å². The predicted octanol–water partition coefficient (Wildman–Crippen LogP) is 4.38. The van der Waals surface area contributed by atoms with Crippen molar-refractivity contribution in [2.75, 3.05) is 20.3 Å². The molecule has 1 aromatic rings. The number of carbonyl (C=O) groups is 1. The lowest BCUT2D eigenvalue weighted by atomic mass is 9.42. The summed E-state index contributed by atoms with van der Waals surface area (Å²) in [5.41, 5.74) is 3.43. The van der Waals surface area contributed by atoms with Gasteiger partial charge in [-0.1, -0.05) is 29.8 Å². The van der Waals surface area contributed by atoms with Crippen LogP contribution in [-0.4, -0.2) is 26.2 Å². The maximum Gasteiger partial charge on any atom is 0.220 e. The highest BCUT2D eigenvalue weighted by molar-refractivity contribution is 5.76. The minimum atomic E-state index is 0.236. The molecule has 0 aromatic heterocycles. The van der Waals surface area contributed by atoms with Crippen LogP contribution >= 0.6 is 0 Å². The summed E-state index contributed by atoms with van der Waals surface area (Å²) < 4.78 is 5.08. The molecule has 26 heavy (non-hydrogen) atoms. The number of benzene rings is 1. The molecule has 0 unspecified atom stereocenters. The third-order valence-corrected chi connectivity index (χ3v) is 7.23. The molecule has 0 spiro atoms. The second-order valence-corrected chi connectivity index (χ2v) is 9.48. The van der Waals surface area contributed by atoms with E-state index in [1.165, 1.54) is 49.7 Å². The molecule has 1 aromatic carbocycles. The molecule has 2 atom stereocenters. The lowest BCUT2D eigenvalue weighted by Gasteiger charge is -2.62. The Morgan fingerprint density at radius 3 is 2.50 bits per heavy atom. The molecule has 4 aliphatic carbocycles. The number of carbonyl (C=O) groups excluding carboxylic acids is 1. The maximum absolute atomic E-state index is 12.6. The van der Waals surface area contributed by atoms with E-state index < -0.39 is 0 Å². The average Bonchev–Trinajstić information content (AvgIpc) is 2.57. The topological polar surface area (TPSA) is 38.3 Å². The Kier molecular flexibility index (Phi) is 4.85. The van der Waals surface area contributed by atoms with E-state index in [1.807, 2.05) is 0 Å². The zero-order valence-electron chi connectivity index (χ0n) is 16.4. The van der Waals surface area contributed by atoms with Gasteiger partial charge in [0.1, 0.15) is 0 Å². The van der Waals surface area contributed by atoms with Crippen LogP contribution in [0.4, 0.5) is 0 Å². The summed E-state index contributed by atoms with van der Waals surface area (Å²) in [5.74, 6) is 1.89. The molecule has 0 aliphatic heterocycles. The van der Waals surface area contributed by atoms with Crippen molar-refractivity contribution >= 4 is 5.91 Å². The molecule has 4 aliphatic rings. The predicted molar refractivity (Wildman–Crippen MR) is 104 cm³/mol. The summed E-state index contributed by atoms with van der Waals surface area (Å²) in [5, 5.41) is 3.13. The molecule has 0 radical (unpaired) electrons. The van der Waals surface area contributed by atoms with Crippen molar-refractivity contribution in [2.45, 2.75) is 63.7 Å². The van der Waals surface area contributed by atoms with Gasteiger partial charge in [-0.3, -0.25) is 4.79 Å². The van der Waals surface area contributed by atoms with E-state index in [0.29, 0.717) is 12.0 Å². The molecule has 4 saturated carbocycles. The van der Waals surface area contributed by atoms with Gasteiger partial charge in [0.2, 0.25) is 5.91 Å². The highest BCUT2D eigenvalue weighted by Crippen LogP contribution is 2.66. The van der Waals surface area contributed by atoms with Gasteiger partial charge >= 0.3 is 0 Å². The van der Waals surface area contributed by atoms with E-state index in [0.717, 1.165) is 31.2 Å². The summed E-state index contributed by atoms with van der Waals surface area (Å²) in [6, 6.07) is 9.26. The first kappa shape index (κ1) is 18.0. The number of hydrogen-bond donors (Lipinski definition) is 1. The molecule has 4 fully saturated rings.